The van der Waals surface area contributed by atoms with E-state index in [1.54, 1.807) is 18.2 Å². The van der Waals surface area contributed by atoms with E-state index in [0.29, 0.717) is 11.3 Å². The zero-order chi connectivity index (χ0) is 15.8. The van der Waals surface area contributed by atoms with Crippen molar-refractivity contribution in [3.8, 4) is 0 Å². The number of nitrogens with one attached hydrogen (secondary N) is 1. The molecule has 1 heterocycles. The second kappa shape index (κ2) is 7.78. The van der Waals surface area contributed by atoms with Crippen molar-refractivity contribution < 1.29 is 23.1 Å². The van der Waals surface area contributed by atoms with Gasteiger partial charge in [-0.1, -0.05) is 12.1 Å². The van der Waals surface area contributed by atoms with Crippen LogP contribution in [0.25, 0.3) is 6.08 Å². The van der Waals surface area contributed by atoms with Crippen LogP contribution in [0.4, 0.5) is 4.39 Å². The van der Waals surface area contributed by atoms with Crippen molar-refractivity contribution in [2.75, 3.05) is 6.61 Å². The second-order valence-electron chi connectivity index (χ2n) is 4.35. The topological polar surface area (TPSA) is 68.5 Å². The van der Waals surface area contributed by atoms with E-state index in [1.165, 1.54) is 30.5 Å². The molecule has 2 rings (SSSR count). The first-order chi connectivity index (χ1) is 10.6. The highest BCUT2D eigenvalue weighted by Crippen LogP contribution is 2.05. The highest BCUT2D eigenvalue weighted by molar-refractivity contribution is 5.89. The van der Waals surface area contributed by atoms with Gasteiger partial charge in [0.25, 0.3) is 5.91 Å². The quantitative estimate of drug-likeness (QED) is 0.656. The molecule has 1 aromatic carbocycles. The Morgan fingerprint density at radius 3 is 2.86 bits per heavy atom. The van der Waals surface area contributed by atoms with Gasteiger partial charge in [0, 0.05) is 6.08 Å². The summed E-state index contributed by atoms with van der Waals surface area (Å²) < 4.78 is 22.7. The molecule has 0 aliphatic rings. The SMILES string of the molecule is O=C(COC(=O)C=Cc1cccc(F)c1)NCc1ccco1. The molecule has 1 aromatic heterocycles. The van der Waals surface area contributed by atoms with E-state index < -0.39 is 24.3 Å². The van der Waals surface area contributed by atoms with E-state index in [0.717, 1.165) is 6.08 Å². The van der Waals surface area contributed by atoms with Gasteiger partial charge in [0.1, 0.15) is 11.6 Å². The predicted molar refractivity (Wildman–Crippen MR) is 76.9 cm³/mol. The number of rotatable bonds is 6. The van der Waals surface area contributed by atoms with E-state index in [9.17, 15) is 14.0 Å². The van der Waals surface area contributed by atoms with E-state index in [2.05, 4.69) is 5.32 Å². The molecule has 0 aliphatic heterocycles. The molecule has 0 bridgehead atoms. The van der Waals surface area contributed by atoms with Gasteiger partial charge in [0.05, 0.1) is 12.8 Å². The lowest BCUT2D eigenvalue weighted by Gasteiger charge is -2.03. The van der Waals surface area contributed by atoms with Crippen LogP contribution in [0.5, 0.6) is 0 Å². The van der Waals surface area contributed by atoms with Crippen LogP contribution in [0, 0.1) is 5.82 Å². The minimum absolute atomic E-state index is 0.225. The molecule has 114 valence electrons. The number of esters is 1. The van der Waals surface area contributed by atoms with Gasteiger partial charge < -0.3 is 14.5 Å². The minimum atomic E-state index is -0.683. The van der Waals surface area contributed by atoms with Crippen molar-refractivity contribution in [1.82, 2.24) is 5.32 Å². The number of hydrogen-bond acceptors (Lipinski definition) is 4. The molecule has 0 saturated heterocycles. The first kappa shape index (κ1) is 15.5. The lowest BCUT2D eigenvalue weighted by Crippen LogP contribution is -2.27. The summed E-state index contributed by atoms with van der Waals surface area (Å²) in [5, 5.41) is 2.54. The molecule has 5 nitrogen and oxygen atoms in total. The maximum absolute atomic E-state index is 12.9. The molecule has 0 unspecified atom stereocenters. The normalized spacial score (nSPS) is 10.6. The van der Waals surface area contributed by atoms with Crippen LogP contribution in [0.3, 0.4) is 0 Å². The molecule has 0 atom stereocenters. The second-order valence-corrected chi connectivity index (χ2v) is 4.35. The van der Waals surface area contributed by atoms with Crippen LogP contribution in [-0.2, 0) is 20.9 Å². The summed E-state index contributed by atoms with van der Waals surface area (Å²) in [6.45, 7) is -0.171. The zero-order valence-electron chi connectivity index (χ0n) is 11.6. The third-order valence-corrected chi connectivity index (χ3v) is 2.65. The molecule has 0 saturated carbocycles. The number of amides is 1. The summed E-state index contributed by atoms with van der Waals surface area (Å²) in [5.74, 6) is -0.917. The number of furan rings is 1. The first-order valence-electron chi connectivity index (χ1n) is 6.53. The Balaban J connectivity index is 1.71. The van der Waals surface area contributed by atoms with E-state index in [1.807, 2.05) is 0 Å². The molecular formula is C16H14FNO4. The minimum Gasteiger partial charge on any atom is -0.467 e. The van der Waals surface area contributed by atoms with E-state index in [-0.39, 0.29) is 6.54 Å². The lowest BCUT2D eigenvalue weighted by atomic mass is 10.2. The number of hydrogen-bond donors (Lipinski definition) is 1. The average Bonchev–Trinajstić information content (AvgIpc) is 3.02. The molecule has 1 amide bonds. The number of carbonyl (C=O) groups excluding carboxylic acids is 2. The Morgan fingerprint density at radius 1 is 1.27 bits per heavy atom. The Bertz CT molecular complexity index is 665. The van der Waals surface area contributed by atoms with Crippen LogP contribution in [0.2, 0.25) is 0 Å². The fourth-order valence-corrected chi connectivity index (χ4v) is 1.61. The molecular weight excluding hydrogens is 289 g/mol. The molecule has 0 fully saturated rings. The predicted octanol–water partition coefficient (Wildman–Crippen LogP) is 2.29. The third-order valence-electron chi connectivity index (χ3n) is 2.65. The highest BCUT2D eigenvalue weighted by Gasteiger charge is 2.05. The maximum Gasteiger partial charge on any atom is 0.331 e. The Labute approximate surface area is 126 Å². The van der Waals surface area contributed by atoms with Gasteiger partial charge in [0.2, 0.25) is 0 Å². The number of halogens is 1. The largest absolute Gasteiger partial charge is 0.467 e. The van der Waals surface area contributed by atoms with Crippen LogP contribution >= 0.6 is 0 Å². The Hall–Kier alpha value is -2.89. The van der Waals surface area contributed by atoms with Crippen molar-refractivity contribution in [1.29, 1.82) is 0 Å². The van der Waals surface area contributed by atoms with Crippen LogP contribution in [0.1, 0.15) is 11.3 Å². The van der Waals surface area contributed by atoms with Crippen LogP contribution in [0.15, 0.2) is 53.2 Å². The monoisotopic (exact) mass is 303 g/mol. The number of ether oxygens (including phenoxy) is 1. The molecule has 2 aromatic rings. The number of benzene rings is 1. The van der Waals surface area contributed by atoms with Crippen molar-refractivity contribution in [2.24, 2.45) is 0 Å². The average molecular weight is 303 g/mol. The van der Waals surface area contributed by atoms with Crippen molar-refractivity contribution in [3.05, 3.63) is 65.9 Å². The van der Waals surface area contributed by atoms with Gasteiger partial charge in [-0.25, -0.2) is 9.18 Å². The first-order valence-corrected chi connectivity index (χ1v) is 6.53. The molecule has 6 heteroatoms. The fourth-order valence-electron chi connectivity index (χ4n) is 1.61. The molecule has 1 N–H and O–H groups in total. The van der Waals surface area contributed by atoms with Gasteiger partial charge in [-0.05, 0) is 35.9 Å². The highest BCUT2D eigenvalue weighted by atomic mass is 19.1. The summed E-state index contributed by atoms with van der Waals surface area (Å²) in [6.07, 6.45) is 4.04. The Kier molecular flexibility index (Phi) is 5.48. The van der Waals surface area contributed by atoms with Gasteiger partial charge in [-0.2, -0.15) is 0 Å². The van der Waals surface area contributed by atoms with Crippen LogP contribution < -0.4 is 5.32 Å². The van der Waals surface area contributed by atoms with Gasteiger partial charge in [0.15, 0.2) is 6.61 Å². The summed E-state index contributed by atoms with van der Waals surface area (Å²) >= 11 is 0. The number of carbonyl (C=O) groups is 2. The Morgan fingerprint density at radius 2 is 2.14 bits per heavy atom. The van der Waals surface area contributed by atoms with Crippen molar-refractivity contribution in [2.45, 2.75) is 6.54 Å². The lowest BCUT2D eigenvalue weighted by molar-refractivity contribution is -0.143. The van der Waals surface area contributed by atoms with E-state index in [4.69, 9.17) is 9.15 Å². The molecule has 22 heavy (non-hydrogen) atoms. The fraction of sp³-hybridized carbons (Fsp3) is 0.125. The summed E-state index contributed by atoms with van der Waals surface area (Å²) in [5.41, 5.74) is 0.527. The van der Waals surface area contributed by atoms with Crippen molar-refractivity contribution in [3.63, 3.8) is 0 Å². The summed E-state index contributed by atoms with van der Waals surface area (Å²) in [7, 11) is 0. The maximum atomic E-state index is 12.9. The molecule has 0 radical (unpaired) electrons. The van der Waals surface area contributed by atoms with Gasteiger partial charge in [-0.15, -0.1) is 0 Å². The smallest absolute Gasteiger partial charge is 0.331 e. The third kappa shape index (κ3) is 5.24. The summed E-state index contributed by atoms with van der Waals surface area (Å²) in [4.78, 5) is 22.9. The van der Waals surface area contributed by atoms with Crippen LogP contribution in [-0.4, -0.2) is 18.5 Å². The zero-order valence-corrected chi connectivity index (χ0v) is 11.6. The van der Waals surface area contributed by atoms with Gasteiger partial charge >= 0.3 is 5.97 Å². The van der Waals surface area contributed by atoms with E-state index >= 15 is 0 Å². The van der Waals surface area contributed by atoms with Gasteiger partial charge in [-0.3, -0.25) is 4.79 Å². The standard InChI is InChI=1S/C16H14FNO4/c17-13-4-1-3-12(9-13)6-7-16(20)22-11-15(19)18-10-14-5-2-8-21-14/h1-9H,10-11H2,(H,18,19). The van der Waals surface area contributed by atoms with Crippen molar-refractivity contribution >= 4 is 18.0 Å². The molecule has 0 aliphatic carbocycles. The summed E-state index contributed by atoms with van der Waals surface area (Å²) in [6, 6.07) is 9.18. The molecule has 0 spiro atoms.